The van der Waals surface area contributed by atoms with E-state index < -0.39 is 12.1 Å². The van der Waals surface area contributed by atoms with Crippen molar-refractivity contribution in [2.24, 2.45) is 5.92 Å². The van der Waals surface area contributed by atoms with E-state index in [0.717, 1.165) is 19.3 Å². The molecule has 1 N–H and O–H groups in total. The fourth-order valence-corrected chi connectivity index (χ4v) is 3.45. The van der Waals surface area contributed by atoms with Gasteiger partial charge in [0.15, 0.2) is 6.10 Å². The number of amides is 1. The monoisotopic (exact) mass is 397 g/mol. The van der Waals surface area contributed by atoms with Gasteiger partial charge in [-0.05, 0) is 59.8 Å². The lowest BCUT2D eigenvalue weighted by molar-refractivity contribution is -0.130. The van der Waals surface area contributed by atoms with Gasteiger partial charge in [0.1, 0.15) is 5.75 Å². The van der Waals surface area contributed by atoms with Crippen molar-refractivity contribution in [3.63, 3.8) is 0 Å². The third kappa shape index (κ3) is 4.72. The highest BCUT2D eigenvalue weighted by Crippen LogP contribution is 2.26. The number of carbonyl (C=O) groups excluding carboxylic acids is 2. The summed E-state index contributed by atoms with van der Waals surface area (Å²) in [6.45, 7) is 3.74. The highest BCUT2D eigenvalue weighted by Gasteiger charge is 2.26. The molecule has 0 unspecified atom stereocenters. The Hall–Kier alpha value is -1.56. The molecule has 1 aliphatic rings. The van der Waals surface area contributed by atoms with Crippen molar-refractivity contribution < 1.29 is 19.1 Å². The molecule has 3 atom stereocenters. The quantitative estimate of drug-likeness (QED) is 0.769. The van der Waals surface area contributed by atoms with Crippen LogP contribution in [0.1, 0.15) is 49.9 Å². The smallest absolute Gasteiger partial charge is 0.338 e. The summed E-state index contributed by atoms with van der Waals surface area (Å²) in [6.07, 6.45) is 3.62. The van der Waals surface area contributed by atoms with E-state index in [-0.39, 0.29) is 11.9 Å². The number of halogens is 1. The van der Waals surface area contributed by atoms with Crippen molar-refractivity contribution in [3.8, 4) is 5.75 Å². The van der Waals surface area contributed by atoms with E-state index in [4.69, 9.17) is 9.47 Å². The summed E-state index contributed by atoms with van der Waals surface area (Å²) >= 11 is 3.33. The fraction of sp³-hybridized carbons (Fsp3) is 0.556. The number of hydrogen-bond acceptors (Lipinski definition) is 4. The maximum atomic E-state index is 12.3. The van der Waals surface area contributed by atoms with Crippen LogP contribution in [-0.2, 0) is 9.53 Å². The molecule has 0 aromatic heterocycles. The van der Waals surface area contributed by atoms with Gasteiger partial charge in [0, 0.05) is 6.04 Å². The molecule has 1 aromatic rings. The second-order valence-corrected chi connectivity index (χ2v) is 7.13. The Labute approximate surface area is 151 Å². The largest absolute Gasteiger partial charge is 0.496 e. The second-order valence-electron chi connectivity index (χ2n) is 6.27. The molecule has 1 saturated carbocycles. The van der Waals surface area contributed by atoms with Crippen LogP contribution in [0.25, 0.3) is 0 Å². The Bertz CT molecular complexity index is 605. The summed E-state index contributed by atoms with van der Waals surface area (Å²) in [5.74, 6) is 0.319. The molecule has 0 radical (unpaired) electrons. The minimum atomic E-state index is -0.826. The third-order valence-electron chi connectivity index (χ3n) is 4.48. The Morgan fingerprint density at radius 2 is 2.00 bits per heavy atom. The average molecular weight is 398 g/mol. The first-order valence-corrected chi connectivity index (χ1v) is 9.06. The van der Waals surface area contributed by atoms with Crippen molar-refractivity contribution in [2.45, 2.75) is 51.7 Å². The SMILES string of the molecule is COc1ccc(C(=O)O[C@H](C)C(=O)N[C@@H]2CCCC[C@@H]2C)cc1Br. The van der Waals surface area contributed by atoms with E-state index in [0.29, 0.717) is 21.7 Å². The maximum absolute atomic E-state index is 12.3. The van der Waals surface area contributed by atoms with E-state index in [1.165, 1.54) is 6.42 Å². The molecule has 1 amide bonds. The van der Waals surface area contributed by atoms with Crippen LogP contribution in [-0.4, -0.2) is 31.1 Å². The van der Waals surface area contributed by atoms with Gasteiger partial charge in [0.25, 0.3) is 5.91 Å². The van der Waals surface area contributed by atoms with E-state index in [9.17, 15) is 9.59 Å². The normalized spacial score (nSPS) is 21.7. The first-order valence-electron chi connectivity index (χ1n) is 8.27. The lowest BCUT2D eigenvalue weighted by Gasteiger charge is -2.30. The molecule has 24 heavy (non-hydrogen) atoms. The summed E-state index contributed by atoms with van der Waals surface area (Å²) in [4.78, 5) is 24.5. The third-order valence-corrected chi connectivity index (χ3v) is 5.10. The molecule has 132 valence electrons. The predicted octanol–water partition coefficient (Wildman–Crippen LogP) is 3.70. The van der Waals surface area contributed by atoms with E-state index >= 15 is 0 Å². The molecule has 2 rings (SSSR count). The summed E-state index contributed by atoms with van der Waals surface area (Å²) in [5.41, 5.74) is 0.369. The van der Waals surface area contributed by atoms with E-state index in [2.05, 4.69) is 28.2 Å². The van der Waals surface area contributed by atoms with Gasteiger partial charge in [0.2, 0.25) is 0 Å². The van der Waals surface area contributed by atoms with Crippen molar-refractivity contribution in [1.82, 2.24) is 5.32 Å². The van der Waals surface area contributed by atoms with Crippen molar-refractivity contribution in [1.29, 1.82) is 0 Å². The van der Waals surface area contributed by atoms with Gasteiger partial charge in [-0.15, -0.1) is 0 Å². The number of hydrogen-bond donors (Lipinski definition) is 1. The van der Waals surface area contributed by atoms with Crippen LogP contribution < -0.4 is 10.1 Å². The summed E-state index contributed by atoms with van der Waals surface area (Å²) < 4.78 is 11.1. The number of rotatable bonds is 5. The first-order chi connectivity index (χ1) is 11.4. The molecule has 5 nitrogen and oxygen atoms in total. The lowest BCUT2D eigenvalue weighted by atomic mass is 9.86. The molecular weight excluding hydrogens is 374 g/mol. The topological polar surface area (TPSA) is 64.6 Å². The Morgan fingerprint density at radius 1 is 1.29 bits per heavy atom. The van der Waals surface area contributed by atoms with Crippen LogP contribution in [0, 0.1) is 5.92 Å². The minimum absolute atomic E-state index is 0.169. The molecule has 1 aromatic carbocycles. The van der Waals surface area contributed by atoms with Gasteiger partial charge in [0.05, 0.1) is 17.1 Å². The number of ether oxygens (including phenoxy) is 2. The zero-order chi connectivity index (χ0) is 17.7. The van der Waals surface area contributed by atoms with E-state index in [1.54, 1.807) is 32.2 Å². The zero-order valence-corrected chi connectivity index (χ0v) is 15.9. The highest BCUT2D eigenvalue weighted by molar-refractivity contribution is 9.10. The number of esters is 1. The molecule has 0 saturated heterocycles. The molecular formula is C18H24BrNO4. The standard InChI is InChI=1S/C18H24BrNO4/c1-11-6-4-5-7-15(11)20-17(21)12(2)24-18(22)13-8-9-16(23-3)14(19)10-13/h8-12,15H,4-7H2,1-3H3,(H,20,21)/t11-,12+,15+/m0/s1. The summed E-state index contributed by atoms with van der Waals surface area (Å²) in [6, 6.07) is 5.08. The van der Waals surface area contributed by atoms with Gasteiger partial charge in [-0.2, -0.15) is 0 Å². The Balaban J connectivity index is 1.92. The molecule has 0 heterocycles. The van der Waals surface area contributed by atoms with Gasteiger partial charge in [-0.25, -0.2) is 4.79 Å². The van der Waals surface area contributed by atoms with Gasteiger partial charge in [-0.3, -0.25) is 4.79 Å². The van der Waals surface area contributed by atoms with Gasteiger partial charge in [-0.1, -0.05) is 19.8 Å². The molecule has 1 fully saturated rings. The Kier molecular flexibility index (Phi) is 6.66. The van der Waals surface area contributed by atoms with Crippen molar-refractivity contribution in [2.75, 3.05) is 7.11 Å². The van der Waals surface area contributed by atoms with Crippen LogP contribution in [0.4, 0.5) is 0 Å². The number of benzene rings is 1. The zero-order valence-electron chi connectivity index (χ0n) is 14.3. The average Bonchev–Trinajstić information content (AvgIpc) is 2.56. The number of methoxy groups -OCH3 is 1. The maximum Gasteiger partial charge on any atom is 0.338 e. The Morgan fingerprint density at radius 3 is 2.62 bits per heavy atom. The van der Waals surface area contributed by atoms with Crippen LogP contribution >= 0.6 is 15.9 Å². The first kappa shape index (κ1) is 18.8. The number of carbonyl (C=O) groups is 2. The molecule has 6 heteroatoms. The molecule has 1 aliphatic carbocycles. The van der Waals surface area contributed by atoms with Gasteiger partial charge >= 0.3 is 5.97 Å². The molecule has 0 bridgehead atoms. The van der Waals surface area contributed by atoms with Gasteiger partial charge < -0.3 is 14.8 Å². The number of nitrogens with one attached hydrogen (secondary N) is 1. The summed E-state index contributed by atoms with van der Waals surface area (Å²) in [5, 5.41) is 3.01. The van der Waals surface area contributed by atoms with Crippen LogP contribution in [0.3, 0.4) is 0 Å². The van der Waals surface area contributed by atoms with Crippen LogP contribution in [0.15, 0.2) is 22.7 Å². The van der Waals surface area contributed by atoms with Crippen molar-refractivity contribution in [3.05, 3.63) is 28.2 Å². The molecule has 0 aliphatic heterocycles. The summed E-state index contributed by atoms with van der Waals surface area (Å²) in [7, 11) is 1.55. The highest BCUT2D eigenvalue weighted by atomic mass is 79.9. The van der Waals surface area contributed by atoms with Crippen molar-refractivity contribution >= 4 is 27.8 Å². The lowest BCUT2D eigenvalue weighted by Crippen LogP contribution is -2.45. The minimum Gasteiger partial charge on any atom is -0.496 e. The second kappa shape index (κ2) is 8.51. The van der Waals surface area contributed by atoms with Crippen LogP contribution in [0.2, 0.25) is 0 Å². The molecule has 0 spiro atoms. The van der Waals surface area contributed by atoms with E-state index in [1.807, 2.05) is 0 Å². The van der Waals surface area contributed by atoms with Crippen LogP contribution in [0.5, 0.6) is 5.75 Å². The fourth-order valence-electron chi connectivity index (χ4n) is 2.91. The predicted molar refractivity (Wildman–Crippen MR) is 95.1 cm³/mol.